The van der Waals surface area contributed by atoms with Crippen molar-refractivity contribution >= 4 is 28.4 Å². The van der Waals surface area contributed by atoms with Crippen molar-refractivity contribution in [2.45, 2.75) is 13.8 Å². The molecular formula is C16H15IO2. The van der Waals surface area contributed by atoms with E-state index in [2.05, 4.69) is 28.7 Å². The van der Waals surface area contributed by atoms with E-state index >= 15 is 0 Å². The third-order valence-corrected chi connectivity index (χ3v) is 3.56. The molecule has 2 aromatic carbocycles. The Morgan fingerprint density at radius 2 is 1.68 bits per heavy atom. The third kappa shape index (κ3) is 3.15. The first kappa shape index (κ1) is 14.1. The molecule has 0 atom stereocenters. The number of carbonyl (C=O) groups excluding carboxylic acids is 1. The van der Waals surface area contributed by atoms with Crippen molar-refractivity contribution in [1.29, 1.82) is 0 Å². The van der Waals surface area contributed by atoms with Gasteiger partial charge in [0.2, 0.25) is 0 Å². The maximum atomic E-state index is 12.6. The van der Waals surface area contributed by atoms with Crippen molar-refractivity contribution in [2.75, 3.05) is 7.11 Å². The molecule has 0 spiro atoms. The average Bonchev–Trinajstić information content (AvgIpc) is 2.36. The quantitative estimate of drug-likeness (QED) is 0.603. The van der Waals surface area contributed by atoms with Crippen LogP contribution in [0.25, 0.3) is 0 Å². The van der Waals surface area contributed by atoms with Crippen LogP contribution in [-0.4, -0.2) is 12.9 Å². The van der Waals surface area contributed by atoms with E-state index in [0.29, 0.717) is 16.9 Å². The third-order valence-electron chi connectivity index (χ3n) is 2.89. The van der Waals surface area contributed by atoms with Crippen LogP contribution in [-0.2, 0) is 0 Å². The molecule has 0 saturated heterocycles. The topological polar surface area (TPSA) is 26.3 Å². The fraction of sp³-hybridized carbons (Fsp3) is 0.188. The zero-order valence-corrected chi connectivity index (χ0v) is 13.3. The van der Waals surface area contributed by atoms with Crippen molar-refractivity contribution in [3.8, 4) is 5.75 Å². The number of hydrogen-bond acceptors (Lipinski definition) is 2. The summed E-state index contributed by atoms with van der Waals surface area (Å²) in [5, 5.41) is 0. The Morgan fingerprint density at radius 3 is 2.26 bits per heavy atom. The minimum atomic E-state index is 0.00201. The molecule has 0 unspecified atom stereocenters. The fourth-order valence-corrected chi connectivity index (χ4v) is 2.61. The van der Waals surface area contributed by atoms with Gasteiger partial charge in [0, 0.05) is 9.13 Å². The van der Waals surface area contributed by atoms with Crippen LogP contribution in [0.5, 0.6) is 5.75 Å². The lowest BCUT2D eigenvalue weighted by molar-refractivity contribution is 0.103. The van der Waals surface area contributed by atoms with Crippen LogP contribution in [0.4, 0.5) is 0 Å². The predicted octanol–water partition coefficient (Wildman–Crippen LogP) is 4.15. The van der Waals surface area contributed by atoms with E-state index in [1.807, 2.05) is 44.2 Å². The van der Waals surface area contributed by atoms with Crippen LogP contribution >= 0.6 is 22.6 Å². The first-order valence-electron chi connectivity index (χ1n) is 5.98. The van der Waals surface area contributed by atoms with Gasteiger partial charge in [0.15, 0.2) is 5.78 Å². The van der Waals surface area contributed by atoms with Crippen LogP contribution < -0.4 is 4.74 Å². The number of rotatable bonds is 3. The summed E-state index contributed by atoms with van der Waals surface area (Å²) in [6.45, 7) is 3.99. The van der Waals surface area contributed by atoms with Gasteiger partial charge < -0.3 is 4.74 Å². The molecule has 0 fully saturated rings. The Morgan fingerprint density at radius 1 is 1.05 bits per heavy atom. The average molecular weight is 366 g/mol. The maximum Gasteiger partial charge on any atom is 0.196 e. The van der Waals surface area contributed by atoms with Crippen molar-refractivity contribution in [2.24, 2.45) is 0 Å². The van der Waals surface area contributed by atoms with Gasteiger partial charge in [-0.3, -0.25) is 4.79 Å². The summed E-state index contributed by atoms with van der Waals surface area (Å²) in [6.07, 6.45) is 0. The Hall–Kier alpha value is -1.36. The van der Waals surface area contributed by atoms with E-state index in [1.165, 1.54) is 0 Å². The fourth-order valence-electron chi connectivity index (χ4n) is 2.12. The molecule has 0 aliphatic rings. The monoisotopic (exact) mass is 366 g/mol. The molecule has 0 N–H and O–H groups in total. The zero-order valence-electron chi connectivity index (χ0n) is 11.2. The molecule has 19 heavy (non-hydrogen) atoms. The number of methoxy groups -OCH3 is 1. The van der Waals surface area contributed by atoms with Gasteiger partial charge in [0.1, 0.15) is 5.75 Å². The van der Waals surface area contributed by atoms with Gasteiger partial charge in [-0.15, -0.1) is 0 Å². The second-order valence-corrected chi connectivity index (χ2v) is 5.80. The van der Waals surface area contributed by atoms with Gasteiger partial charge in [-0.05, 0) is 66.8 Å². The second kappa shape index (κ2) is 5.74. The number of ketones is 1. The standard InChI is InChI=1S/C16H15IO2/c1-10-6-11(2)8-12(7-10)16(18)14-9-13(17)4-5-15(14)19-3/h4-9H,1-3H3. The molecule has 0 radical (unpaired) electrons. The van der Waals surface area contributed by atoms with E-state index < -0.39 is 0 Å². The van der Waals surface area contributed by atoms with Gasteiger partial charge in [0.05, 0.1) is 12.7 Å². The number of aryl methyl sites for hydroxylation is 2. The lowest BCUT2D eigenvalue weighted by Crippen LogP contribution is -2.05. The molecule has 3 heteroatoms. The van der Waals surface area contributed by atoms with Crippen molar-refractivity contribution in [1.82, 2.24) is 0 Å². The van der Waals surface area contributed by atoms with Crippen molar-refractivity contribution < 1.29 is 9.53 Å². The molecule has 98 valence electrons. The largest absolute Gasteiger partial charge is 0.496 e. The van der Waals surface area contributed by atoms with Crippen molar-refractivity contribution in [3.05, 3.63) is 62.2 Å². The minimum absolute atomic E-state index is 0.00201. The highest BCUT2D eigenvalue weighted by atomic mass is 127. The lowest BCUT2D eigenvalue weighted by atomic mass is 9.99. The first-order chi connectivity index (χ1) is 9.01. The van der Waals surface area contributed by atoms with Crippen LogP contribution in [0.3, 0.4) is 0 Å². The smallest absolute Gasteiger partial charge is 0.196 e. The Kier molecular flexibility index (Phi) is 4.24. The normalized spacial score (nSPS) is 10.3. The molecule has 0 aliphatic heterocycles. The van der Waals surface area contributed by atoms with Crippen LogP contribution in [0, 0.1) is 17.4 Å². The maximum absolute atomic E-state index is 12.6. The molecule has 0 amide bonds. The highest BCUT2D eigenvalue weighted by molar-refractivity contribution is 14.1. The van der Waals surface area contributed by atoms with E-state index in [1.54, 1.807) is 7.11 Å². The molecular weight excluding hydrogens is 351 g/mol. The number of carbonyl (C=O) groups is 1. The number of halogens is 1. The van der Waals surface area contributed by atoms with E-state index in [4.69, 9.17) is 4.74 Å². The summed E-state index contributed by atoms with van der Waals surface area (Å²) in [6, 6.07) is 11.5. The van der Waals surface area contributed by atoms with Gasteiger partial charge in [-0.1, -0.05) is 17.2 Å². The van der Waals surface area contributed by atoms with Crippen LogP contribution in [0.1, 0.15) is 27.0 Å². The van der Waals surface area contributed by atoms with Crippen LogP contribution in [0.2, 0.25) is 0 Å². The van der Waals surface area contributed by atoms with Gasteiger partial charge in [-0.25, -0.2) is 0 Å². The second-order valence-electron chi connectivity index (χ2n) is 4.55. The van der Waals surface area contributed by atoms with Gasteiger partial charge >= 0.3 is 0 Å². The number of ether oxygens (including phenoxy) is 1. The van der Waals surface area contributed by atoms with E-state index in [0.717, 1.165) is 14.7 Å². The van der Waals surface area contributed by atoms with E-state index in [-0.39, 0.29) is 5.78 Å². The SMILES string of the molecule is COc1ccc(I)cc1C(=O)c1cc(C)cc(C)c1. The summed E-state index contributed by atoms with van der Waals surface area (Å²) in [7, 11) is 1.58. The Bertz CT molecular complexity index is 612. The molecule has 2 nitrogen and oxygen atoms in total. The highest BCUT2D eigenvalue weighted by Crippen LogP contribution is 2.24. The molecule has 0 bridgehead atoms. The summed E-state index contributed by atoms with van der Waals surface area (Å²) < 4.78 is 6.30. The predicted molar refractivity (Wildman–Crippen MR) is 85.1 cm³/mol. The van der Waals surface area contributed by atoms with Gasteiger partial charge in [0.25, 0.3) is 0 Å². The molecule has 2 rings (SSSR count). The molecule has 0 aromatic heterocycles. The molecule has 0 saturated carbocycles. The molecule has 0 heterocycles. The summed E-state index contributed by atoms with van der Waals surface area (Å²) in [5.74, 6) is 0.617. The Labute approximate surface area is 126 Å². The Balaban J connectivity index is 2.52. The summed E-state index contributed by atoms with van der Waals surface area (Å²) in [4.78, 5) is 12.6. The number of benzene rings is 2. The first-order valence-corrected chi connectivity index (χ1v) is 7.05. The van der Waals surface area contributed by atoms with E-state index in [9.17, 15) is 4.79 Å². The highest BCUT2D eigenvalue weighted by Gasteiger charge is 2.15. The molecule has 2 aromatic rings. The van der Waals surface area contributed by atoms with Gasteiger partial charge in [-0.2, -0.15) is 0 Å². The number of hydrogen-bond donors (Lipinski definition) is 0. The minimum Gasteiger partial charge on any atom is -0.496 e. The summed E-state index contributed by atoms with van der Waals surface area (Å²) in [5.41, 5.74) is 3.50. The van der Waals surface area contributed by atoms with Crippen molar-refractivity contribution in [3.63, 3.8) is 0 Å². The zero-order chi connectivity index (χ0) is 14.0. The van der Waals surface area contributed by atoms with Crippen LogP contribution in [0.15, 0.2) is 36.4 Å². The molecule has 0 aliphatic carbocycles. The summed E-state index contributed by atoms with van der Waals surface area (Å²) >= 11 is 2.20. The lowest BCUT2D eigenvalue weighted by Gasteiger charge is -2.09.